The van der Waals surface area contributed by atoms with Crippen molar-refractivity contribution >= 4 is 22.3 Å². The fraction of sp³-hybridized carbons (Fsp3) is 0.467. The van der Waals surface area contributed by atoms with Crippen LogP contribution in [0, 0.1) is 0 Å². The van der Waals surface area contributed by atoms with Crippen LogP contribution in [0.2, 0.25) is 0 Å². The number of furan rings is 1. The van der Waals surface area contributed by atoms with Crippen molar-refractivity contribution in [1.82, 2.24) is 4.98 Å². The van der Waals surface area contributed by atoms with E-state index in [1.165, 1.54) is 11.3 Å². The van der Waals surface area contributed by atoms with E-state index in [2.05, 4.69) is 4.90 Å². The molecule has 1 fully saturated rings. The maximum atomic E-state index is 12.4. The number of carbonyl (C=O) groups excluding carboxylic acids is 1. The Kier molecular flexibility index (Phi) is 3.27. The van der Waals surface area contributed by atoms with Crippen LogP contribution in [0.1, 0.15) is 33.5 Å². The lowest BCUT2D eigenvalue weighted by atomic mass is 9.88. The number of hydrogen-bond donors (Lipinski definition) is 0. The molecule has 0 saturated carbocycles. The van der Waals surface area contributed by atoms with Gasteiger partial charge in [-0.2, -0.15) is 0 Å². The van der Waals surface area contributed by atoms with Gasteiger partial charge in [0.2, 0.25) is 0 Å². The Morgan fingerprint density at radius 1 is 1.29 bits per heavy atom. The summed E-state index contributed by atoms with van der Waals surface area (Å²) in [5, 5.41) is 0.955. The van der Waals surface area contributed by atoms with Crippen LogP contribution in [0.15, 0.2) is 22.8 Å². The summed E-state index contributed by atoms with van der Waals surface area (Å²) in [5.41, 5.74) is 0.930. The lowest BCUT2D eigenvalue weighted by molar-refractivity contribution is 0.0964. The number of hydrogen-bond acceptors (Lipinski definition) is 6. The highest BCUT2D eigenvalue weighted by Crippen LogP contribution is 2.37. The number of thiazole rings is 1. The average Bonchev–Trinajstić information content (AvgIpc) is 3.17. The second-order valence-corrected chi connectivity index (χ2v) is 6.39. The third-order valence-electron chi connectivity index (χ3n) is 4.04. The molecule has 110 valence electrons. The summed E-state index contributed by atoms with van der Waals surface area (Å²) in [7, 11) is 0. The van der Waals surface area contributed by atoms with Crippen molar-refractivity contribution < 1.29 is 13.9 Å². The van der Waals surface area contributed by atoms with Crippen LogP contribution in [-0.2, 0) is 11.2 Å². The number of ether oxygens (including phenoxy) is 1. The monoisotopic (exact) mass is 304 g/mol. The average molecular weight is 304 g/mol. The van der Waals surface area contributed by atoms with Crippen molar-refractivity contribution in [3.05, 3.63) is 34.7 Å². The van der Waals surface area contributed by atoms with Gasteiger partial charge in [-0.25, -0.2) is 4.98 Å². The van der Waals surface area contributed by atoms with Crippen LogP contribution in [0.5, 0.6) is 0 Å². The summed E-state index contributed by atoms with van der Waals surface area (Å²) in [4.78, 5) is 20.1. The molecule has 2 aromatic rings. The molecule has 1 aliphatic heterocycles. The summed E-state index contributed by atoms with van der Waals surface area (Å²) in [5.74, 6) is 1.20. The van der Waals surface area contributed by atoms with Crippen molar-refractivity contribution in [3.63, 3.8) is 0 Å². The zero-order chi connectivity index (χ0) is 14.2. The van der Waals surface area contributed by atoms with E-state index in [1.54, 1.807) is 6.26 Å². The third-order valence-corrected chi connectivity index (χ3v) is 5.24. The Morgan fingerprint density at radius 2 is 2.14 bits per heavy atom. The second kappa shape index (κ2) is 5.27. The number of carbonyl (C=O) groups is 1. The molecule has 4 rings (SSSR count). The fourth-order valence-electron chi connectivity index (χ4n) is 2.93. The van der Waals surface area contributed by atoms with E-state index in [1.807, 2.05) is 12.1 Å². The van der Waals surface area contributed by atoms with Gasteiger partial charge in [0.25, 0.3) is 0 Å². The van der Waals surface area contributed by atoms with Gasteiger partial charge in [-0.3, -0.25) is 4.79 Å². The summed E-state index contributed by atoms with van der Waals surface area (Å²) >= 11 is 1.53. The largest absolute Gasteiger partial charge is 0.469 e. The third kappa shape index (κ3) is 2.38. The molecule has 1 saturated heterocycles. The van der Waals surface area contributed by atoms with E-state index in [-0.39, 0.29) is 11.7 Å². The second-order valence-electron chi connectivity index (χ2n) is 5.42. The van der Waals surface area contributed by atoms with E-state index >= 15 is 0 Å². The molecule has 2 aliphatic rings. The summed E-state index contributed by atoms with van der Waals surface area (Å²) in [6.07, 6.45) is 2.97. The fourth-order valence-corrected chi connectivity index (χ4v) is 4.03. The molecule has 1 atom stereocenters. The molecule has 1 unspecified atom stereocenters. The van der Waals surface area contributed by atoms with Crippen LogP contribution in [-0.4, -0.2) is 37.1 Å². The van der Waals surface area contributed by atoms with Gasteiger partial charge in [-0.1, -0.05) is 11.3 Å². The molecule has 2 aromatic heterocycles. The minimum atomic E-state index is 0.125. The number of rotatable bonds is 2. The van der Waals surface area contributed by atoms with Gasteiger partial charge in [-0.05, 0) is 12.1 Å². The number of aromatic nitrogens is 1. The SMILES string of the molecule is O=C1CC(c2ccco2)Cc2nc(N3CCOCC3)sc21. The van der Waals surface area contributed by atoms with Crippen molar-refractivity contribution in [2.24, 2.45) is 0 Å². The molecular weight excluding hydrogens is 288 g/mol. The number of nitrogens with zero attached hydrogens (tertiary/aromatic N) is 2. The maximum absolute atomic E-state index is 12.4. The lowest BCUT2D eigenvalue weighted by Gasteiger charge is -2.26. The molecule has 0 radical (unpaired) electrons. The van der Waals surface area contributed by atoms with Crippen molar-refractivity contribution in [1.29, 1.82) is 0 Å². The molecule has 5 nitrogen and oxygen atoms in total. The molecule has 1 aliphatic carbocycles. The quantitative estimate of drug-likeness (QED) is 0.853. The van der Waals surface area contributed by atoms with Gasteiger partial charge < -0.3 is 14.1 Å². The smallest absolute Gasteiger partial charge is 0.186 e. The maximum Gasteiger partial charge on any atom is 0.186 e. The zero-order valence-corrected chi connectivity index (χ0v) is 12.4. The van der Waals surface area contributed by atoms with Gasteiger partial charge >= 0.3 is 0 Å². The zero-order valence-electron chi connectivity index (χ0n) is 11.6. The van der Waals surface area contributed by atoms with E-state index in [4.69, 9.17) is 14.1 Å². The molecule has 21 heavy (non-hydrogen) atoms. The van der Waals surface area contributed by atoms with Crippen LogP contribution in [0.3, 0.4) is 0 Å². The first-order valence-corrected chi connectivity index (χ1v) is 8.02. The van der Waals surface area contributed by atoms with Crippen LogP contribution >= 0.6 is 11.3 Å². The first kappa shape index (κ1) is 13.0. The topological polar surface area (TPSA) is 55.6 Å². The summed E-state index contributed by atoms with van der Waals surface area (Å²) in [6, 6.07) is 3.81. The van der Waals surface area contributed by atoms with Crippen molar-refractivity contribution in [2.45, 2.75) is 18.8 Å². The van der Waals surface area contributed by atoms with E-state index in [9.17, 15) is 4.79 Å². The molecule has 3 heterocycles. The molecule has 0 N–H and O–H groups in total. The Bertz CT molecular complexity index is 644. The first-order chi connectivity index (χ1) is 10.3. The molecule has 6 heteroatoms. The summed E-state index contributed by atoms with van der Waals surface area (Å²) < 4.78 is 10.8. The normalized spacial score (nSPS) is 22.4. The minimum Gasteiger partial charge on any atom is -0.469 e. The van der Waals surface area contributed by atoms with Gasteiger partial charge in [0.1, 0.15) is 5.76 Å². The van der Waals surface area contributed by atoms with Gasteiger partial charge in [0, 0.05) is 31.8 Å². The van der Waals surface area contributed by atoms with Gasteiger partial charge in [0.15, 0.2) is 10.9 Å². The van der Waals surface area contributed by atoms with Crippen molar-refractivity contribution in [2.75, 3.05) is 31.2 Å². The first-order valence-electron chi connectivity index (χ1n) is 7.20. The molecule has 0 aromatic carbocycles. The number of Topliss-reactive ketones (excluding diaryl/α,β-unsaturated/α-hetero) is 1. The lowest BCUT2D eigenvalue weighted by Crippen LogP contribution is -2.36. The predicted molar refractivity (Wildman–Crippen MR) is 79.2 cm³/mol. The van der Waals surface area contributed by atoms with Gasteiger partial charge in [0.05, 0.1) is 30.0 Å². The number of ketones is 1. The highest BCUT2D eigenvalue weighted by atomic mass is 32.1. The Morgan fingerprint density at radius 3 is 2.90 bits per heavy atom. The molecular formula is C15H16N2O3S. The van der Waals surface area contributed by atoms with Crippen LogP contribution in [0.4, 0.5) is 5.13 Å². The van der Waals surface area contributed by atoms with E-state index < -0.39 is 0 Å². The van der Waals surface area contributed by atoms with Crippen molar-refractivity contribution in [3.8, 4) is 0 Å². The molecule has 0 amide bonds. The standard InChI is InChI=1S/C15H16N2O3S/c18-12-9-10(13-2-1-5-20-13)8-11-14(12)21-15(16-11)17-3-6-19-7-4-17/h1-2,5,10H,3-4,6-9H2. The van der Waals surface area contributed by atoms with E-state index in [0.29, 0.717) is 6.42 Å². The number of anilines is 1. The predicted octanol–water partition coefficient (Wildman–Crippen LogP) is 2.49. The van der Waals surface area contributed by atoms with E-state index in [0.717, 1.165) is 54.2 Å². The highest BCUT2D eigenvalue weighted by Gasteiger charge is 2.32. The molecule has 0 bridgehead atoms. The summed E-state index contributed by atoms with van der Waals surface area (Å²) in [6.45, 7) is 3.16. The minimum absolute atomic E-state index is 0.125. The van der Waals surface area contributed by atoms with Gasteiger partial charge in [-0.15, -0.1) is 0 Å². The van der Waals surface area contributed by atoms with Crippen LogP contribution in [0.25, 0.3) is 0 Å². The number of fused-ring (bicyclic) bond motifs is 1. The van der Waals surface area contributed by atoms with Crippen LogP contribution < -0.4 is 4.90 Å². The number of morpholine rings is 1. The Labute approximate surface area is 126 Å². The molecule has 0 spiro atoms. The highest BCUT2D eigenvalue weighted by molar-refractivity contribution is 7.17. The Balaban J connectivity index is 1.61. The Hall–Kier alpha value is -1.66.